The topological polar surface area (TPSA) is 95.9 Å². The summed E-state index contributed by atoms with van der Waals surface area (Å²) in [6.07, 6.45) is 55.8. The van der Waals surface area contributed by atoms with E-state index >= 15 is 0 Å². The first-order chi connectivity index (χ1) is 28.0. The average Bonchev–Trinajstić information content (AvgIpc) is 3.21. The van der Waals surface area contributed by atoms with Crippen LogP contribution >= 0.6 is 0 Å². The molecule has 1 amide bonds. The Kier molecular flexibility index (Phi) is 45.2. The molecule has 0 aromatic carbocycles. The van der Waals surface area contributed by atoms with Crippen molar-refractivity contribution in [2.24, 2.45) is 0 Å². The molecule has 0 aliphatic carbocycles. The first-order valence-corrected chi connectivity index (χ1v) is 24.8. The summed E-state index contributed by atoms with van der Waals surface area (Å²) in [5.41, 5.74) is 0. The summed E-state index contributed by atoms with van der Waals surface area (Å²) in [5.74, 6) is -0.0947. The van der Waals surface area contributed by atoms with Crippen LogP contribution in [0.5, 0.6) is 0 Å². The standard InChI is InChI=1S/C51H95NO5/c1-3-5-7-9-11-13-14-21-25-29-33-37-41-45-51(56)57-46-42-38-34-30-26-23-20-18-16-15-17-19-22-24-28-32-36-40-44-50(55)52-48(47-53)49(54)43-39-35-31-27-12-10-8-6-4-2/h13-14,17,19,39,43,48-49,53-54H,3-12,15-16,18,20-38,40-42,44-47H2,1-2H3,(H,52,55)/b14-13-,19-17-,43-39+. The van der Waals surface area contributed by atoms with Crippen molar-refractivity contribution in [1.82, 2.24) is 5.32 Å². The van der Waals surface area contributed by atoms with E-state index in [1.807, 2.05) is 6.08 Å². The van der Waals surface area contributed by atoms with Gasteiger partial charge in [-0.2, -0.15) is 0 Å². The zero-order valence-electron chi connectivity index (χ0n) is 37.8. The van der Waals surface area contributed by atoms with Crippen molar-refractivity contribution >= 4 is 11.9 Å². The molecule has 0 bridgehead atoms. The molecular weight excluding hydrogens is 707 g/mol. The number of nitrogens with one attached hydrogen (secondary N) is 1. The van der Waals surface area contributed by atoms with Crippen LogP contribution in [-0.4, -0.2) is 47.4 Å². The molecule has 3 N–H and O–H groups in total. The van der Waals surface area contributed by atoms with Crippen molar-refractivity contribution < 1.29 is 24.5 Å². The molecule has 0 saturated heterocycles. The van der Waals surface area contributed by atoms with E-state index in [2.05, 4.69) is 43.5 Å². The quantitative estimate of drug-likeness (QED) is 0.0324. The van der Waals surface area contributed by atoms with Crippen molar-refractivity contribution in [3.8, 4) is 0 Å². The van der Waals surface area contributed by atoms with E-state index < -0.39 is 12.1 Å². The van der Waals surface area contributed by atoms with Crippen LogP contribution in [0.25, 0.3) is 0 Å². The summed E-state index contributed by atoms with van der Waals surface area (Å²) in [5, 5.41) is 22.9. The SMILES string of the molecule is CCCCCC/C=C\CCCCCCCC(=O)OCCCCCCCCCCC/C=C\CCCCCCCC(=O)NC(CO)C(O)/C=C/CCCCCCCCC. The molecule has 0 aromatic rings. The van der Waals surface area contributed by atoms with Gasteiger partial charge in [-0.25, -0.2) is 0 Å². The monoisotopic (exact) mass is 802 g/mol. The molecular formula is C51H95NO5. The van der Waals surface area contributed by atoms with Crippen LogP contribution in [-0.2, 0) is 14.3 Å². The molecule has 6 nitrogen and oxygen atoms in total. The number of amides is 1. The number of esters is 1. The Balaban J connectivity index is 3.46. The van der Waals surface area contributed by atoms with Crippen LogP contribution in [0.1, 0.15) is 251 Å². The van der Waals surface area contributed by atoms with Crippen LogP contribution in [0, 0.1) is 0 Å². The maximum absolute atomic E-state index is 12.3. The number of rotatable bonds is 45. The highest BCUT2D eigenvalue weighted by Crippen LogP contribution is 2.14. The van der Waals surface area contributed by atoms with Gasteiger partial charge in [-0.15, -0.1) is 0 Å². The molecule has 0 aliphatic rings. The highest BCUT2D eigenvalue weighted by molar-refractivity contribution is 5.76. The van der Waals surface area contributed by atoms with E-state index in [1.54, 1.807) is 6.08 Å². The Bertz CT molecular complexity index is 931. The van der Waals surface area contributed by atoms with Crippen LogP contribution in [0.4, 0.5) is 0 Å². The normalized spacial score (nSPS) is 13.0. The summed E-state index contributed by atoms with van der Waals surface area (Å²) >= 11 is 0. The summed E-state index contributed by atoms with van der Waals surface area (Å²) in [6.45, 7) is 4.83. The average molecular weight is 802 g/mol. The van der Waals surface area contributed by atoms with Crippen LogP contribution < -0.4 is 5.32 Å². The Morgan fingerprint density at radius 2 is 0.825 bits per heavy atom. The first-order valence-electron chi connectivity index (χ1n) is 24.8. The molecule has 0 spiro atoms. The fourth-order valence-corrected chi connectivity index (χ4v) is 7.27. The van der Waals surface area contributed by atoms with Gasteiger partial charge in [-0.1, -0.05) is 192 Å². The number of carbonyl (C=O) groups is 2. The fraction of sp³-hybridized carbons (Fsp3) is 0.843. The predicted octanol–water partition coefficient (Wildman–Crippen LogP) is 14.5. The number of hydrogen-bond acceptors (Lipinski definition) is 5. The minimum atomic E-state index is -0.850. The highest BCUT2D eigenvalue weighted by Gasteiger charge is 2.18. The van der Waals surface area contributed by atoms with Gasteiger partial charge < -0.3 is 20.3 Å². The van der Waals surface area contributed by atoms with Gasteiger partial charge in [0.15, 0.2) is 0 Å². The molecule has 2 unspecified atom stereocenters. The van der Waals surface area contributed by atoms with Crippen LogP contribution in [0.2, 0.25) is 0 Å². The largest absolute Gasteiger partial charge is 0.466 e. The van der Waals surface area contributed by atoms with Crippen LogP contribution in [0.15, 0.2) is 36.5 Å². The summed E-state index contributed by atoms with van der Waals surface area (Å²) < 4.78 is 5.45. The van der Waals surface area contributed by atoms with Gasteiger partial charge in [0, 0.05) is 12.8 Å². The zero-order valence-corrected chi connectivity index (χ0v) is 37.8. The van der Waals surface area contributed by atoms with Crippen molar-refractivity contribution in [2.75, 3.05) is 13.2 Å². The number of aliphatic hydroxyl groups excluding tert-OH is 2. The Labute approximate surface area is 353 Å². The number of aliphatic hydroxyl groups is 2. The van der Waals surface area contributed by atoms with Gasteiger partial charge in [-0.3, -0.25) is 9.59 Å². The first kappa shape index (κ1) is 55.1. The fourth-order valence-electron chi connectivity index (χ4n) is 7.27. The predicted molar refractivity (Wildman–Crippen MR) is 246 cm³/mol. The molecule has 0 radical (unpaired) electrons. The van der Waals surface area contributed by atoms with E-state index in [0.29, 0.717) is 19.4 Å². The minimum absolute atomic E-state index is 0.00826. The number of hydrogen-bond donors (Lipinski definition) is 3. The maximum atomic E-state index is 12.3. The Morgan fingerprint density at radius 3 is 1.26 bits per heavy atom. The summed E-state index contributed by atoms with van der Waals surface area (Å²) in [6, 6.07) is -0.636. The van der Waals surface area contributed by atoms with Crippen molar-refractivity contribution in [3.63, 3.8) is 0 Å². The van der Waals surface area contributed by atoms with Gasteiger partial charge in [0.2, 0.25) is 5.91 Å². The van der Waals surface area contributed by atoms with Crippen molar-refractivity contribution in [1.29, 1.82) is 0 Å². The lowest BCUT2D eigenvalue weighted by molar-refractivity contribution is -0.143. The molecule has 0 saturated carbocycles. The molecule has 0 fully saturated rings. The second-order valence-electron chi connectivity index (χ2n) is 16.8. The molecule has 0 heterocycles. The number of ether oxygens (including phenoxy) is 1. The smallest absolute Gasteiger partial charge is 0.305 e. The number of carbonyl (C=O) groups excluding carboxylic acids is 2. The third-order valence-electron chi connectivity index (χ3n) is 11.1. The van der Waals surface area contributed by atoms with Gasteiger partial charge in [0.25, 0.3) is 0 Å². The highest BCUT2D eigenvalue weighted by atomic mass is 16.5. The minimum Gasteiger partial charge on any atom is -0.466 e. The third-order valence-corrected chi connectivity index (χ3v) is 11.1. The maximum Gasteiger partial charge on any atom is 0.305 e. The van der Waals surface area contributed by atoms with Gasteiger partial charge in [0.05, 0.1) is 25.4 Å². The van der Waals surface area contributed by atoms with Crippen LogP contribution in [0.3, 0.4) is 0 Å². The molecule has 2 atom stereocenters. The molecule has 57 heavy (non-hydrogen) atoms. The Morgan fingerprint density at radius 1 is 0.474 bits per heavy atom. The lowest BCUT2D eigenvalue weighted by Crippen LogP contribution is -2.45. The lowest BCUT2D eigenvalue weighted by atomic mass is 10.1. The molecule has 6 heteroatoms. The molecule has 0 aromatic heterocycles. The van der Waals surface area contributed by atoms with Crippen molar-refractivity contribution in [2.45, 2.75) is 264 Å². The van der Waals surface area contributed by atoms with E-state index in [4.69, 9.17) is 4.74 Å². The Hall–Kier alpha value is -1.92. The molecule has 0 rings (SSSR count). The molecule has 0 aliphatic heterocycles. The van der Waals surface area contributed by atoms with E-state index in [0.717, 1.165) is 64.2 Å². The van der Waals surface area contributed by atoms with Gasteiger partial charge in [0.1, 0.15) is 0 Å². The summed E-state index contributed by atoms with van der Waals surface area (Å²) in [4.78, 5) is 24.3. The number of unbranched alkanes of at least 4 members (excludes halogenated alkanes) is 30. The second-order valence-corrected chi connectivity index (χ2v) is 16.8. The van der Waals surface area contributed by atoms with Crippen molar-refractivity contribution in [3.05, 3.63) is 36.5 Å². The van der Waals surface area contributed by atoms with Gasteiger partial charge in [-0.05, 0) is 83.5 Å². The third kappa shape index (κ3) is 43.5. The van der Waals surface area contributed by atoms with Gasteiger partial charge >= 0.3 is 5.97 Å². The zero-order chi connectivity index (χ0) is 41.5. The van der Waals surface area contributed by atoms with E-state index in [-0.39, 0.29) is 18.5 Å². The lowest BCUT2D eigenvalue weighted by Gasteiger charge is -2.20. The van der Waals surface area contributed by atoms with E-state index in [9.17, 15) is 19.8 Å². The number of allylic oxidation sites excluding steroid dienone is 5. The molecule has 334 valence electrons. The summed E-state index contributed by atoms with van der Waals surface area (Å²) in [7, 11) is 0. The van der Waals surface area contributed by atoms with E-state index in [1.165, 1.54) is 161 Å². The second kappa shape index (κ2) is 46.8.